The van der Waals surface area contributed by atoms with Crippen LogP contribution in [0.3, 0.4) is 0 Å². The van der Waals surface area contributed by atoms with Gasteiger partial charge in [0.15, 0.2) is 23.0 Å². The van der Waals surface area contributed by atoms with Crippen LogP contribution in [0, 0.1) is 5.92 Å². The Bertz CT molecular complexity index is 906. The second-order valence-electron chi connectivity index (χ2n) is 7.77. The van der Waals surface area contributed by atoms with Gasteiger partial charge in [-0.2, -0.15) is 0 Å². The lowest BCUT2D eigenvalue weighted by Crippen LogP contribution is -2.27. The van der Waals surface area contributed by atoms with Crippen LogP contribution in [0.25, 0.3) is 0 Å². The van der Waals surface area contributed by atoms with Gasteiger partial charge in [-0.05, 0) is 48.6 Å². The van der Waals surface area contributed by atoms with Crippen molar-refractivity contribution in [3.05, 3.63) is 42.0 Å². The molecule has 5 rings (SSSR count). The smallest absolute Gasteiger partial charge is 0.232 e. The minimum atomic E-state index is -0.221. The number of fused-ring (bicyclic) bond motifs is 2. The van der Waals surface area contributed by atoms with Gasteiger partial charge in [-0.1, -0.05) is 18.9 Å². The Labute approximate surface area is 170 Å². The standard InChI is InChI=1S/C23H25NO5/c25-23(24-17-6-8-19-21(14-17)29-12-10-27-19)22(15-3-1-2-4-15)16-5-7-18-20(13-16)28-11-9-26-18/h5-8,13-15,22H,1-4,9-12H2,(H,24,25). The van der Waals surface area contributed by atoms with Gasteiger partial charge in [-0.3, -0.25) is 4.79 Å². The Kier molecular flexibility index (Phi) is 4.92. The van der Waals surface area contributed by atoms with Gasteiger partial charge in [0, 0.05) is 11.8 Å². The molecule has 0 bridgehead atoms. The quantitative estimate of drug-likeness (QED) is 0.843. The molecule has 1 unspecified atom stereocenters. The zero-order valence-electron chi connectivity index (χ0n) is 16.3. The molecule has 1 saturated carbocycles. The third kappa shape index (κ3) is 3.71. The highest BCUT2D eigenvalue weighted by molar-refractivity contribution is 5.96. The summed E-state index contributed by atoms with van der Waals surface area (Å²) in [7, 11) is 0. The van der Waals surface area contributed by atoms with E-state index in [-0.39, 0.29) is 11.8 Å². The summed E-state index contributed by atoms with van der Waals surface area (Å²) in [6.07, 6.45) is 4.47. The largest absolute Gasteiger partial charge is 0.486 e. The summed E-state index contributed by atoms with van der Waals surface area (Å²) in [5.74, 6) is 2.97. The molecule has 152 valence electrons. The van der Waals surface area contributed by atoms with Crippen LogP contribution in [-0.2, 0) is 4.79 Å². The first kappa shape index (κ1) is 18.2. The van der Waals surface area contributed by atoms with Crippen LogP contribution in [0.15, 0.2) is 36.4 Å². The van der Waals surface area contributed by atoms with E-state index >= 15 is 0 Å². The fraction of sp³-hybridized carbons (Fsp3) is 0.435. The van der Waals surface area contributed by atoms with E-state index in [1.807, 2.05) is 36.4 Å². The van der Waals surface area contributed by atoms with Crippen LogP contribution in [0.2, 0.25) is 0 Å². The van der Waals surface area contributed by atoms with E-state index in [9.17, 15) is 4.79 Å². The van der Waals surface area contributed by atoms with Gasteiger partial charge in [-0.15, -0.1) is 0 Å². The third-order valence-electron chi connectivity index (χ3n) is 5.89. The molecule has 2 heterocycles. The van der Waals surface area contributed by atoms with Gasteiger partial charge in [0.05, 0.1) is 5.92 Å². The number of rotatable bonds is 4. The zero-order valence-corrected chi connectivity index (χ0v) is 16.3. The summed E-state index contributed by atoms with van der Waals surface area (Å²) >= 11 is 0. The predicted molar refractivity (Wildman–Crippen MR) is 108 cm³/mol. The molecule has 3 aliphatic rings. The van der Waals surface area contributed by atoms with Crippen LogP contribution < -0.4 is 24.3 Å². The molecule has 1 atom stereocenters. The van der Waals surface area contributed by atoms with E-state index in [4.69, 9.17) is 18.9 Å². The van der Waals surface area contributed by atoms with E-state index in [0.29, 0.717) is 43.8 Å². The normalized spacial score (nSPS) is 18.9. The van der Waals surface area contributed by atoms with E-state index in [1.165, 1.54) is 12.8 Å². The first-order valence-electron chi connectivity index (χ1n) is 10.4. The minimum Gasteiger partial charge on any atom is -0.486 e. The summed E-state index contributed by atoms with van der Waals surface area (Å²) in [4.78, 5) is 13.4. The maximum Gasteiger partial charge on any atom is 0.232 e. The van der Waals surface area contributed by atoms with Crippen LogP contribution in [-0.4, -0.2) is 32.3 Å². The van der Waals surface area contributed by atoms with E-state index in [2.05, 4.69) is 5.32 Å². The maximum absolute atomic E-state index is 13.4. The lowest BCUT2D eigenvalue weighted by Gasteiger charge is -2.26. The molecule has 0 aromatic heterocycles. The summed E-state index contributed by atoms with van der Waals surface area (Å²) in [6.45, 7) is 2.16. The Hall–Kier alpha value is -2.89. The SMILES string of the molecule is O=C(Nc1ccc2c(c1)OCCO2)C(c1ccc2c(c1)OCCO2)C1CCCC1. The minimum absolute atomic E-state index is 0.00487. The molecule has 0 saturated heterocycles. The number of ether oxygens (including phenoxy) is 4. The molecule has 2 aromatic carbocycles. The van der Waals surface area contributed by atoms with Crippen LogP contribution >= 0.6 is 0 Å². The monoisotopic (exact) mass is 395 g/mol. The average Bonchev–Trinajstić information content (AvgIpc) is 3.28. The molecule has 2 aliphatic heterocycles. The maximum atomic E-state index is 13.4. The topological polar surface area (TPSA) is 66.0 Å². The summed E-state index contributed by atoms with van der Waals surface area (Å²) in [6, 6.07) is 11.4. The molecule has 1 amide bonds. The van der Waals surface area contributed by atoms with Crippen molar-refractivity contribution in [1.29, 1.82) is 0 Å². The predicted octanol–water partition coefficient (Wildman–Crippen LogP) is 4.14. The summed E-state index contributed by atoms with van der Waals surface area (Å²) in [5, 5.41) is 3.10. The van der Waals surface area contributed by atoms with E-state index in [0.717, 1.165) is 35.6 Å². The first-order valence-corrected chi connectivity index (χ1v) is 10.4. The summed E-state index contributed by atoms with van der Waals surface area (Å²) in [5.41, 5.74) is 1.70. The molecule has 6 heteroatoms. The number of carbonyl (C=O) groups is 1. The van der Waals surface area contributed by atoms with Gasteiger partial charge in [-0.25, -0.2) is 0 Å². The van der Waals surface area contributed by atoms with E-state index in [1.54, 1.807) is 0 Å². The molecular formula is C23H25NO5. The van der Waals surface area contributed by atoms with Crippen LogP contribution in [0.5, 0.6) is 23.0 Å². The molecular weight excluding hydrogens is 370 g/mol. The highest BCUT2D eigenvalue weighted by Gasteiger charge is 2.33. The molecule has 1 fully saturated rings. The number of benzene rings is 2. The van der Waals surface area contributed by atoms with Crippen molar-refractivity contribution in [2.24, 2.45) is 5.92 Å². The molecule has 2 aromatic rings. The number of hydrogen-bond acceptors (Lipinski definition) is 5. The van der Waals surface area contributed by atoms with Crippen molar-refractivity contribution in [3.63, 3.8) is 0 Å². The number of nitrogens with one attached hydrogen (secondary N) is 1. The molecule has 1 N–H and O–H groups in total. The fourth-order valence-electron chi connectivity index (χ4n) is 4.52. The molecule has 0 spiro atoms. The second kappa shape index (κ2) is 7.85. The first-order chi connectivity index (χ1) is 14.3. The fourth-order valence-corrected chi connectivity index (χ4v) is 4.52. The van der Waals surface area contributed by atoms with Crippen molar-refractivity contribution in [3.8, 4) is 23.0 Å². The highest BCUT2D eigenvalue weighted by Crippen LogP contribution is 2.41. The van der Waals surface area contributed by atoms with Gasteiger partial charge in [0.2, 0.25) is 5.91 Å². The molecule has 29 heavy (non-hydrogen) atoms. The van der Waals surface area contributed by atoms with Gasteiger partial charge >= 0.3 is 0 Å². The van der Waals surface area contributed by atoms with Crippen LogP contribution in [0.4, 0.5) is 5.69 Å². The number of carbonyl (C=O) groups excluding carboxylic acids is 1. The Morgan fingerprint density at radius 1 is 0.793 bits per heavy atom. The van der Waals surface area contributed by atoms with Crippen molar-refractivity contribution in [2.75, 3.05) is 31.7 Å². The van der Waals surface area contributed by atoms with Crippen molar-refractivity contribution in [2.45, 2.75) is 31.6 Å². The average molecular weight is 395 g/mol. The van der Waals surface area contributed by atoms with Crippen molar-refractivity contribution >= 4 is 11.6 Å². The van der Waals surface area contributed by atoms with E-state index < -0.39 is 0 Å². The summed E-state index contributed by atoms with van der Waals surface area (Å²) < 4.78 is 22.6. The Morgan fingerprint density at radius 3 is 2.07 bits per heavy atom. The molecule has 0 radical (unpaired) electrons. The number of hydrogen-bond donors (Lipinski definition) is 1. The molecule has 1 aliphatic carbocycles. The van der Waals surface area contributed by atoms with Crippen molar-refractivity contribution in [1.82, 2.24) is 0 Å². The highest BCUT2D eigenvalue weighted by atomic mass is 16.6. The van der Waals surface area contributed by atoms with Crippen molar-refractivity contribution < 1.29 is 23.7 Å². The second-order valence-corrected chi connectivity index (χ2v) is 7.77. The van der Waals surface area contributed by atoms with Gasteiger partial charge in [0.25, 0.3) is 0 Å². The van der Waals surface area contributed by atoms with Gasteiger partial charge < -0.3 is 24.3 Å². The van der Waals surface area contributed by atoms with Gasteiger partial charge in [0.1, 0.15) is 26.4 Å². The zero-order chi connectivity index (χ0) is 19.6. The lowest BCUT2D eigenvalue weighted by molar-refractivity contribution is -0.118. The molecule has 6 nitrogen and oxygen atoms in total. The Morgan fingerprint density at radius 2 is 1.38 bits per heavy atom. The van der Waals surface area contributed by atoms with Crippen LogP contribution in [0.1, 0.15) is 37.2 Å². The number of amides is 1. The Balaban J connectivity index is 1.41. The third-order valence-corrected chi connectivity index (χ3v) is 5.89. The lowest BCUT2D eigenvalue weighted by atomic mass is 9.84. The number of anilines is 1.